The lowest BCUT2D eigenvalue weighted by Gasteiger charge is -2.29. The quantitative estimate of drug-likeness (QED) is 0.727. The van der Waals surface area contributed by atoms with E-state index in [1.54, 1.807) is 0 Å². The van der Waals surface area contributed by atoms with Gasteiger partial charge < -0.3 is 14.7 Å². The molecule has 0 bridgehead atoms. The number of carbonyl (C=O) groups is 1. The third-order valence-electron chi connectivity index (χ3n) is 3.33. The Labute approximate surface area is 116 Å². The molecule has 5 heteroatoms. The molecule has 0 atom stereocenters. The number of rotatable bonds is 7. The van der Waals surface area contributed by atoms with Crippen LogP contribution in [0.2, 0.25) is 0 Å². The Hall–Kier alpha value is -0.320. The molecule has 0 spiro atoms. The molecule has 0 aromatic heterocycles. The molecule has 1 saturated heterocycles. The first kappa shape index (κ1) is 17.7. The Bertz CT molecular complexity index is 228. The fourth-order valence-corrected chi connectivity index (χ4v) is 2.02. The van der Waals surface area contributed by atoms with Gasteiger partial charge in [-0.2, -0.15) is 0 Å². The lowest BCUT2D eigenvalue weighted by molar-refractivity contribution is -0.143. The molecule has 1 heterocycles. The molecule has 0 radical (unpaired) electrons. The fraction of sp³-hybridized carbons (Fsp3) is 0.923. The Morgan fingerprint density at radius 3 is 2.44 bits per heavy atom. The Morgan fingerprint density at radius 2 is 1.94 bits per heavy atom. The number of piperidine rings is 1. The summed E-state index contributed by atoms with van der Waals surface area (Å²) in [4.78, 5) is 13.1. The van der Waals surface area contributed by atoms with Crippen molar-refractivity contribution in [3.05, 3.63) is 0 Å². The van der Waals surface area contributed by atoms with Gasteiger partial charge in [0.05, 0.1) is 12.5 Å². The van der Waals surface area contributed by atoms with Crippen LogP contribution < -0.4 is 0 Å². The van der Waals surface area contributed by atoms with Crippen molar-refractivity contribution in [1.82, 2.24) is 4.90 Å². The van der Waals surface area contributed by atoms with Gasteiger partial charge in [0.15, 0.2) is 0 Å². The molecule has 0 amide bonds. The van der Waals surface area contributed by atoms with E-state index in [0.717, 1.165) is 52.1 Å². The number of carboxylic acids is 1. The summed E-state index contributed by atoms with van der Waals surface area (Å²) in [5, 5.41) is 8.88. The third kappa shape index (κ3) is 7.19. The maximum Gasteiger partial charge on any atom is 0.306 e. The van der Waals surface area contributed by atoms with Crippen molar-refractivity contribution in [3.63, 3.8) is 0 Å². The van der Waals surface area contributed by atoms with E-state index < -0.39 is 5.97 Å². The first-order chi connectivity index (χ1) is 8.09. The normalized spacial score (nSPS) is 17.7. The van der Waals surface area contributed by atoms with E-state index in [9.17, 15) is 4.79 Å². The van der Waals surface area contributed by atoms with Gasteiger partial charge in [-0.15, -0.1) is 12.4 Å². The number of likely N-dealkylation sites (tertiary alicyclic amines) is 1. The van der Waals surface area contributed by atoms with Crippen molar-refractivity contribution in [3.8, 4) is 0 Å². The van der Waals surface area contributed by atoms with Crippen LogP contribution >= 0.6 is 12.4 Å². The van der Waals surface area contributed by atoms with Gasteiger partial charge in [0, 0.05) is 13.2 Å². The van der Waals surface area contributed by atoms with E-state index in [2.05, 4.69) is 18.7 Å². The first-order valence-electron chi connectivity index (χ1n) is 6.62. The lowest BCUT2D eigenvalue weighted by atomic mass is 9.97. The van der Waals surface area contributed by atoms with Crippen molar-refractivity contribution in [1.29, 1.82) is 0 Å². The second-order valence-electron chi connectivity index (χ2n) is 5.25. The molecule has 1 aliphatic heterocycles. The van der Waals surface area contributed by atoms with Gasteiger partial charge in [0.25, 0.3) is 0 Å². The second kappa shape index (κ2) is 9.59. The second-order valence-corrected chi connectivity index (χ2v) is 5.25. The van der Waals surface area contributed by atoms with Crippen molar-refractivity contribution in [2.24, 2.45) is 11.8 Å². The largest absolute Gasteiger partial charge is 0.481 e. The highest BCUT2D eigenvalue weighted by molar-refractivity contribution is 5.85. The standard InChI is InChI=1S/C13H25NO3.ClH/c1-11(2)5-9-17-10-8-14-6-3-12(4-7-14)13(15)16;/h11-12H,3-10H2,1-2H3,(H,15,16);1H. The number of aliphatic carboxylic acids is 1. The van der Waals surface area contributed by atoms with Gasteiger partial charge >= 0.3 is 5.97 Å². The SMILES string of the molecule is CC(C)CCOCCN1CCC(C(=O)O)CC1.Cl. The van der Waals surface area contributed by atoms with Crippen molar-refractivity contribution in [2.45, 2.75) is 33.1 Å². The molecule has 4 nitrogen and oxygen atoms in total. The molecule has 1 N–H and O–H groups in total. The van der Waals surface area contributed by atoms with Crippen LogP contribution in [0.3, 0.4) is 0 Å². The maximum absolute atomic E-state index is 10.8. The summed E-state index contributed by atoms with van der Waals surface area (Å²) in [7, 11) is 0. The summed E-state index contributed by atoms with van der Waals surface area (Å²) < 4.78 is 5.56. The summed E-state index contributed by atoms with van der Waals surface area (Å²) >= 11 is 0. The number of hydrogen-bond acceptors (Lipinski definition) is 3. The minimum atomic E-state index is -0.641. The minimum absolute atomic E-state index is 0. The Balaban J connectivity index is 0.00000289. The molecule has 1 aliphatic rings. The number of carboxylic acid groups (broad SMARTS) is 1. The van der Waals surface area contributed by atoms with E-state index >= 15 is 0 Å². The molecular formula is C13H26ClNO3. The van der Waals surface area contributed by atoms with E-state index in [0.29, 0.717) is 5.92 Å². The summed E-state index contributed by atoms with van der Waals surface area (Å²) in [5.41, 5.74) is 0. The van der Waals surface area contributed by atoms with Crippen LogP contribution in [0.25, 0.3) is 0 Å². The van der Waals surface area contributed by atoms with Crippen molar-refractivity contribution >= 4 is 18.4 Å². The molecule has 0 aromatic rings. The molecule has 0 aromatic carbocycles. The molecule has 0 saturated carbocycles. The Kier molecular flexibility index (Phi) is 9.42. The molecule has 0 unspecified atom stereocenters. The average molecular weight is 280 g/mol. The van der Waals surface area contributed by atoms with Gasteiger partial charge in [-0.05, 0) is 38.3 Å². The van der Waals surface area contributed by atoms with Crippen LogP contribution in [0.15, 0.2) is 0 Å². The number of halogens is 1. The monoisotopic (exact) mass is 279 g/mol. The highest BCUT2D eigenvalue weighted by Gasteiger charge is 2.23. The minimum Gasteiger partial charge on any atom is -0.481 e. The number of hydrogen-bond donors (Lipinski definition) is 1. The average Bonchev–Trinajstić information content (AvgIpc) is 2.29. The van der Waals surface area contributed by atoms with Gasteiger partial charge in [0.2, 0.25) is 0 Å². The van der Waals surface area contributed by atoms with Crippen LogP contribution in [0, 0.1) is 11.8 Å². The number of ether oxygens (including phenoxy) is 1. The van der Waals surface area contributed by atoms with E-state index in [1.165, 1.54) is 0 Å². The van der Waals surface area contributed by atoms with Gasteiger partial charge in [-0.25, -0.2) is 0 Å². The molecule has 18 heavy (non-hydrogen) atoms. The summed E-state index contributed by atoms with van der Waals surface area (Å²) in [6, 6.07) is 0. The molecular weight excluding hydrogens is 254 g/mol. The number of nitrogens with zero attached hydrogens (tertiary/aromatic N) is 1. The molecule has 108 valence electrons. The van der Waals surface area contributed by atoms with Crippen LogP contribution in [0.4, 0.5) is 0 Å². The third-order valence-corrected chi connectivity index (χ3v) is 3.33. The smallest absolute Gasteiger partial charge is 0.306 e. The summed E-state index contributed by atoms with van der Waals surface area (Å²) in [5.74, 6) is -0.0766. The zero-order chi connectivity index (χ0) is 12.7. The van der Waals surface area contributed by atoms with Crippen LogP contribution in [0.5, 0.6) is 0 Å². The predicted molar refractivity (Wildman–Crippen MR) is 74.3 cm³/mol. The van der Waals surface area contributed by atoms with Crippen LogP contribution in [-0.4, -0.2) is 48.8 Å². The van der Waals surface area contributed by atoms with Gasteiger partial charge in [0.1, 0.15) is 0 Å². The fourth-order valence-electron chi connectivity index (χ4n) is 2.02. The van der Waals surface area contributed by atoms with Crippen molar-refractivity contribution < 1.29 is 14.6 Å². The molecule has 0 aliphatic carbocycles. The van der Waals surface area contributed by atoms with Crippen LogP contribution in [0.1, 0.15) is 33.1 Å². The highest BCUT2D eigenvalue weighted by atomic mass is 35.5. The highest BCUT2D eigenvalue weighted by Crippen LogP contribution is 2.16. The van der Waals surface area contributed by atoms with Gasteiger partial charge in [-0.3, -0.25) is 4.79 Å². The van der Waals surface area contributed by atoms with Crippen LogP contribution in [-0.2, 0) is 9.53 Å². The zero-order valence-corrected chi connectivity index (χ0v) is 12.2. The Morgan fingerprint density at radius 1 is 1.33 bits per heavy atom. The molecule has 1 fully saturated rings. The van der Waals surface area contributed by atoms with E-state index in [1.807, 2.05) is 0 Å². The lowest BCUT2D eigenvalue weighted by Crippen LogP contribution is -2.38. The summed E-state index contributed by atoms with van der Waals surface area (Å²) in [6.45, 7) is 8.72. The summed E-state index contributed by atoms with van der Waals surface area (Å²) in [6.07, 6.45) is 2.67. The zero-order valence-electron chi connectivity index (χ0n) is 11.4. The molecule has 1 rings (SSSR count). The van der Waals surface area contributed by atoms with E-state index in [-0.39, 0.29) is 18.3 Å². The first-order valence-corrected chi connectivity index (χ1v) is 6.62. The predicted octanol–water partition coefficient (Wildman–Crippen LogP) is 2.27. The van der Waals surface area contributed by atoms with E-state index in [4.69, 9.17) is 9.84 Å². The maximum atomic E-state index is 10.8. The van der Waals surface area contributed by atoms with Gasteiger partial charge in [-0.1, -0.05) is 13.8 Å². The van der Waals surface area contributed by atoms with Crippen molar-refractivity contribution in [2.75, 3.05) is 32.8 Å². The topological polar surface area (TPSA) is 49.8 Å².